The molecule has 104 valence electrons. The number of amides is 1. The van der Waals surface area contributed by atoms with Crippen LogP contribution in [-0.4, -0.2) is 16.9 Å². The highest BCUT2D eigenvalue weighted by Crippen LogP contribution is 2.17. The standard InChI is InChI=1S/C13H16F2N2OS/c1-6(2)11(12(16)19)17-13(18)9-8(14)5-4-7(3)10(9)15/h4-6,11H,1-3H3,(H2,16,19)(H,17,18). The third-order valence-electron chi connectivity index (χ3n) is 2.77. The zero-order valence-corrected chi connectivity index (χ0v) is 11.8. The zero-order valence-electron chi connectivity index (χ0n) is 11.0. The van der Waals surface area contributed by atoms with E-state index in [1.54, 1.807) is 13.8 Å². The molecule has 0 aromatic heterocycles. The van der Waals surface area contributed by atoms with Crippen molar-refractivity contribution in [2.24, 2.45) is 11.7 Å². The molecule has 1 aromatic carbocycles. The van der Waals surface area contributed by atoms with Crippen molar-refractivity contribution in [3.63, 3.8) is 0 Å². The number of carbonyl (C=O) groups excluding carboxylic acids is 1. The lowest BCUT2D eigenvalue weighted by Gasteiger charge is -2.21. The summed E-state index contributed by atoms with van der Waals surface area (Å²) < 4.78 is 27.4. The maximum atomic E-state index is 13.8. The molecule has 0 saturated heterocycles. The number of rotatable bonds is 4. The molecule has 1 atom stereocenters. The molecule has 19 heavy (non-hydrogen) atoms. The van der Waals surface area contributed by atoms with Gasteiger partial charge in [-0.05, 0) is 24.5 Å². The molecule has 1 unspecified atom stereocenters. The zero-order chi connectivity index (χ0) is 14.7. The number of benzene rings is 1. The summed E-state index contributed by atoms with van der Waals surface area (Å²) in [6.07, 6.45) is 0. The Bertz CT molecular complexity index is 518. The molecule has 0 fully saturated rings. The first kappa shape index (κ1) is 15.5. The van der Waals surface area contributed by atoms with Crippen molar-refractivity contribution >= 4 is 23.1 Å². The smallest absolute Gasteiger partial charge is 0.257 e. The van der Waals surface area contributed by atoms with Crippen LogP contribution in [0.5, 0.6) is 0 Å². The molecule has 3 nitrogen and oxygen atoms in total. The molecule has 1 amide bonds. The first-order valence-corrected chi connectivity index (χ1v) is 6.21. The maximum absolute atomic E-state index is 13.8. The molecule has 0 aliphatic heterocycles. The van der Waals surface area contributed by atoms with E-state index in [4.69, 9.17) is 18.0 Å². The number of halogens is 2. The van der Waals surface area contributed by atoms with Crippen molar-refractivity contribution in [3.8, 4) is 0 Å². The van der Waals surface area contributed by atoms with E-state index in [1.165, 1.54) is 13.0 Å². The van der Waals surface area contributed by atoms with Gasteiger partial charge in [0.1, 0.15) is 17.2 Å². The lowest BCUT2D eigenvalue weighted by molar-refractivity contribution is 0.0931. The van der Waals surface area contributed by atoms with Crippen molar-refractivity contribution < 1.29 is 13.6 Å². The Balaban J connectivity index is 3.08. The Morgan fingerprint density at radius 1 is 1.37 bits per heavy atom. The van der Waals surface area contributed by atoms with E-state index in [1.807, 2.05) is 0 Å². The summed E-state index contributed by atoms with van der Waals surface area (Å²) in [6, 6.07) is 1.72. The van der Waals surface area contributed by atoms with E-state index in [2.05, 4.69) is 5.32 Å². The number of aryl methyl sites for hydroxylation is 1. The van der Waals surface area contributed by atoms with Gasteiger partial charge in [0.05, 0.1) is 11.0 Å². The minimum absolute atomic E-state index is 0.0719. The summed E-state index contributed by atoms with van der Waals surface area (Å²) in [5.41, 5.74) is 5.09. The fourth-order valence-electron chi connectivity index (χ4n) is 1.64. The highest BCUT2D eigenvalue weighted by Gasteiger charge is 2.24. The molecule has 1 aromatic rings. The fourth-order valence-corrected chi connectivity index (χ4v) is 1.98. The molecular formula is C13H16F2N2OS. The summed E-state index contributed by atoms with van der Waals surface area (Å²) in [4.78, 5) is 12.0. The highest BCUT2D eigenvalue weighted by atomic mass is 32.1. The topological polar surface area (TPSA) is 55.1 Å². The minimum Gasteiger partial charge on any atom is -0.392 e. The van der Waals surface area contributed by atoms with Gasteiger partial charge in [-0.15, -0.1) is 0 Å². The normalized spacial score (nSPS) is 12.3. The van der Waals surface area contributed by atoms with Crippen molar-refractivity contribution in [2.45, 2.75) is 26.8 Å². The quantitative estimate of drug-likeness (QED) is 0.835. The van der Waals surface area contributed by atoms with Gasteiger partial charge in [-0.3, -0.25) is 4.79 Å². The third-order valence-corrected chi connectivity index (χ3v) is 3.02. The van der Waals surface area contributed by atoms with E-state index in [0.717, 1.165) is 6.07 Å². The molecule has 3 N–H and O–H groups in total. The van der Waals surface area contributed by atoms with Crippen LogP contribution in [0.2, 0.25) is 0 Å². The SMILES string of the molecule is Cc1ccc(F)c(C(=O)NC(C(N)=S)C(C)C)c1F. The van der Waals surface area contributed by atoms with Crippen molar-refractivity contribution in [1.82, 2.24) is 5.32 Å². The molecule has 6 heteroatoms. The number of hydrogen-bond donors (Lipinski definition) is 2. The number of carbonyl (C=O) groups is 1. The predicted molar refractivity (Wildman–Crippen MR) is 74.0 cm³/mol. The summed E-state index contributed by atoms with van der Waals surface area (Å²) in [5, 5.41) is 2.46. The van der Waals surface area contributed by atoms with E-state index in [9.17, 15) is 13.6 Å². The van der Waals surface area contributed by atoms with Crippen molar-refractivity contribution in [1.29, 1.82) is 0 Å². The summed E-state index contributed by atoms with van der Waals surface area (Å²) in [6.45, 7) is 5.05. The molecule has 0 aliphatic carbocycles. The van der Waals surface area contributed by atoms with Crippen LogP contribution in [0.15, 0.2) is 12.1 Å². The van der Waals surface area contributed by atoms with E-state index >= 15 is 0 Å². The minimum atomic E-state index is -0.911. The molecular weight excluding hydrogens is 270 g/mol. The van der Waals surface area contributed by atoms with Crippen LogP contribution in [0.3, 0.4) is 0 Å². The monoisotopic (exact) mass is 286 g/mol. The van der Waals surface area contributed by atoms with Crippen molar-refractivity contribution in [3.05, 3.63) is 34.9 Å². The average molecular weight is 286 g/mol. The molecule has 0 bridgehead atoms. The van der Waals surface area contributed by atoms with Gasteiger partial charge < -0.3 is 11.1 Å². The van der Waals surface area contributed by atoms with Gasteiger partial charge in [0, 0.05) is 0 Å². The van der Waals surface area contributed by atoms with Crippen LogP contribution < -0.4 is 11.1 Å². The van der Waals surface area contributed by atoms with Gasteiger partial charge in [-0.2, -0.15) is 0 Å². The summed E-state index contributed by atoms with van der Waals surface area (Å²) in [7, 11) is 0. The van der Waals surface area contributed by atoms with Gasteiger partial charge in [0.15, 0.2) is 0 Å². The second-order valence-electron chi connectivity index (χ2n) is 4.65. The van der Waals surface area contributed by atoms with Gasteiger partial charge in [0.2, 0.25) is 0 Å². The van der Waals surface area contributed by atoms with E-state index in [-0.39, 0.29) is 16.5 Å². The Morgan fingerprint density at radius 2 is 1.95 bits per heavy atom. The Labute approximate surface area is 116 Å². The number of nitrogens with one attached hydrogen (secondary N) is 1. The van der Waals surface area contributed by atoms with Crippen LogP contribution in [0, 0.1) is 24.5 Å². The summed E-state index contributed by atoms with van der Waals surface area (Å²) in [5.74, 6) is -2.71. The van der Waals surface area contributed by atoms with Gasteiger partial charge in [-0.1, -0.05) is 32.1 Å². The van der Waals surface area contributed by atoms with Crippen LogP contribution in [-0.2, 0) is 0 Å². The Hall–Kier alpha value is -1.56. The number of nitrogens with two attached hydrogens (primary N) is 1. The largest absolute Gasteiger partial charge is 0.392 e. The van der Waals surface area contributed by atoms with E-state index in [0.29, 0.717) is 0 Å². The third kappa shape index (κ3) is 3.47. The molecule has 0 spiro atoms. The molecule has 0 radical (unpaired) electrons. The first-order chi connectivity index (χ1) is 8.75. The molecule has 0 heterocycles. The van der Waals surface area contributed by atoms with Crippen LogP contribution in [0.1, 0.15) is 29.8 Å². The lowest BCUT2D eigenvalue weighted by Crippen LogP contribution is -2.47. The van der Waals surface area contributed by atoms with Gasteiger partial charge in [0.25, 0.3) is 5.91 Å². The summed E-state index contributed by atoms with van der Waals surface area (Å²) >= 11 is 4.83. The van der Waals surface area contributed by atoms with Crippen molar-refractivity contribution in [2.75, 3.05) is 0 Å². The predicted octanol–water partition coefficient (Wildman–Crippen LogP) is 2.31. The average Bonchev–Trinajstić information content (AvgIpc) is 2.30. The lowest BCUT2D eigenvalue weighted by atomic mass is 10.0. The fraction of sp³-hybridized carbons (Fsp3) is 0.385. The first-order valence-electron chi connectivity index (χ1n) is 5.80. The Morgan fingerprint density at radius 3 is 2.42 bits per heavy atom. The van der Waals surface area contributed by atoms with Crippen LogP contribution >= 0.6 is 12.2 Å². The van der Waals surface area contributed by atoms with Crippen LogP contribution in [0.4, 0.5) is 8.78 Å². The second kappa shape index (κ2) is 6.06. The maximum Gasteiger partial charge on any atom is 0.257 e. The molecule has 0 aliphatic rings. The van der Waals surface area contributed by atoms with Gasteiger partial charge in [-0.25, -0.2) is 8.78 Å². The number of hydrogen-bond acceptors (Lipinski definition) is 2. The molecule has 0 saturated carbocycles. The number of thiocarbonyl (C=S) groups is 1. The van der Waals surface area contributed by atoms with Crippen LogP contribution in [0.25, 0.3) is 0 Å². The highest BCUT2D eigenvalue weighted by molar-refractivity contribution is 7.80. The molecule has 1 rings (SSSR count). The second-order valence-corrected chi connectivity index (χ2v) is 5.12. The Kier molecular flexibility index (Phi) is 4.94. The van der Waals surface area contributed by atoms with E-state index < -0.39 is 29.1 Å². The van der Waals surface area contributed by atoms with Gasteiger partial charge >= 0.3 is 0 Å².